The van der Waals surface area contributed by atoms with Crippen molar-refractivity contribution in [3.63, 3.8) is 0 Å². The van der Waals surface area contributed by atoms with Crippen LogP contribution in [0.25, 0.3) is 11.5 Å². The topological polar surface area (TPSA) is 72.2 Å². The average molecular weight is 360 g/mol. The van der Waals surface area contributed by atoms with Gasteiger partial charge in [0.15, 0.2) is 0 Å². The lowest BCUT2D eigenvalue weighted by molar-refractivity contribution is -0.119. The second kappa shape index (κ2) is 7.95. The fourth-order valence-corrected chi connectivity index (χ4v) is 4.23. The molecule has 1 amide bonds. The standard InChI is InChI=1S/C19H24N2O3S/c1-13-7-3-6-10-16(13)19-21-17(14(2)24-19)11-25(23)12-18(22)20-15-8-4-5-9-15/h3,6-7,10,15H,4-5,8-9,11-12H2,1-2H3,(H,20,22)/t25-/m1/s1. The van der Waals surface area contributed by atoms with Crippen LogP contribution in [0.5, 0.6) is 0 Å². The predicted molar refractivity (Wildman–Crippen MR) is 98.5 cm³/mol. The summed E-state index contributed by atoms with van der Waals surface area (Å²) in [4.78, 5) is 16.5. The Morgan fingerprint density at radius 1 is 1.28 bits per heavy atom. The fraction of sp³-hybridized carbons (Fsp3) is 0.474. The van der Waals surface area contributed by atoms with Crippen LogP contribution in [0.1, 0.15) is 42.7 Å². The Morgan fingerprint density at radius 3 is 2.72 bits per heavy atom. The van der Waals surface area contributed by atoms with Crippen molar-refractivity contribution in [1.82, 2.24) is 10.3 Å². The Labute approximate surface area is 150 Å². The molecular weight excluding hydrogens is 336 g/mol. The number of aromatic nitrogens is 1. The molecule has 1 aromatic carbocycles. The van der Waals surface area contributed by atoms with E-state index in [2.05, 4.69) is 10.3 Å². The van der Waals surface area contributed by atoms with Gasteiger partial charge in [0.2, 0.25) is 11.8 Å². The van der Waals surface area contributed by atoms with Crippen LogP contribution < -0.4 is 5.32 Å². The van der Waals surface area contributed by atoms with Gasteiger partial charge < -0.3 is 9.73 Å². The zero-order chi connectivity index (χ0) is 17.8. The first-order valence-electron chi connectivity index (χ1n) is 8.69. The van der Waals surface area contributed by atoms with E-state index in [1.165, 1.54) is 0 Å². The highest BCUT2D eigenvalue weighted by molar-refractivity contribution is 7.84. The molecule has 1 aliphatic rings. The van der Waals surface area contributed by atoms with Gasteiger partial charge in [-0.2, -0.15) is 0 Å². The molecule has 1 heterocycles. The first-order chi connectivity index (χ1) is 12.0. The number of nitrogens with zero attached hydrogens (tertiary/aromatic N) is 1. The summed E-state index contributed by atoms with van der Waals surface area (Å²) >= 11 is 0. The van der Waals surface area contributed by atoms with Crippen LogP contribution >= 0.6 is 0 Å². The number of hydrogen-bond donors (Lipinski definition) is 1. The number of benzene rings is 1. The van der Waals surface area contributed by atoms with Gasteiger partial charge in [-0.25, -0.2) is 4.98 Å². The van der Waals surface area contributed by atoms with E-state index in [0.717, 1.165) is 36.8 Å². The summed E-state index contributed by atoms with van der Waals surface area (Å²) in [5.41, 5.74) is 2.67. The number of rotatable bonds is 6. The highest BCUT2D eigenvalue weighted by atomic mass is 32.2. The molecule has 1 atom stereocenters. The Bertz CT molecular complexity index is 779. The molecule has 1 aromatic heterocycles. The molecule has 2 aromatic rings. The van der Waals surface area contributed by atoms with Crippen molar-refractivity contribution < 1.29 is 13.4 Å². The fourth-order valence-electron chi connectivity index (χ4n) is 3.18. The lowest BCUT2D eigenvalue weighted by atomic mass is 10.1. The van der Waals surface area contributed by atoms with Crippen molar-refractivity contribution in [2.75, 3.05) is 5.75 Å². The molecular formula is C19H24N2O3S. The minimum Gasteiger partial charge on any atom is -0.441 e. The third-order valence-corrected chi connectivity index (χ3v) is 5.76. The molecule has 0 spiro atoms. The van der Waals surface area contributed by atoms with Crippen molar-refractivity contribution >= 4 is 16.7 Å². The van der Waals surface area contributed by atoms with Gasteiger partial charge in [0, 0.05) is 22.4 Å². The lowest BCUT2D eigenvalue weighted by Gasteiger charge is -2.11. The summed E-state index contributed by atoms with van der Waals surface area (Å²) in [6, 6.07) is 8.11. The quantitative estimate of drug-likeness (QED) is 0.858. The van der Waals surface area contributed by atoms with E-state index in [-0.39, 0.29) is 23.5 Å². The molecule has 1 N–H and O–H groups in total. The summed E-state index contributed by atoms with van der Waals surface area (Å²) in [6.45, 7) is 3.82. The van der Waals surface area contributed by atoms with E-state index in [9.17, 15) is 9.00 Å². The summed E-state index contributed by atoms with van der Waals surface area (Å²) in [5.74, 6) is 1.31. The van der Waals surface area contributed by atoms with Gasteiger partial charge in [-0.3, -0.25) is 9.00 Å². The van der Waals surface area contributed by atoms with E-state index >= 15 is 0 Å². The van der Waals surface area contributed by atoms with Gasteiger partial charge in [-0.05, 0) is 38.3 Å². The first kappa shape index (κ1) is 17.9. The molecule has 1 fully saturated rings. The molecule has 134 valence electrons. The van der Waals surface area contributed by atoms with Crippen molar-refractivity contribution in [1.29, 1.82) is 0 Å². The third-order valence-electron chi connectivity index (χ3n) is 4.58. The van der Waals surface area contributed by atoms with E-state index in [1.54, 1.807) is 0 Å². The van der Waals surface area contributed by atoms with Gasteiger partial charge in [-0.1, -0.05) is 31.0 Å². The molecule has 0 bridgehead atoms. The van der Waals surface area contributed by atoms with E-state index in [1.807, 2.05) is 38.1 Å². The van der Waals surface area contributed by atoms with Crippen LogP contribution in [0.3, 0.4) is 0 Å². The molecule has 25 heavy (non-hydrogen) atoms. The molecule has 5 nitrogen and oxygen atoms in total. The summed E-state index contributed by atoms with van der Waals surface area (Å²) in [7, 11) is -1.29. The lowest BCUT2D eigenvalue weighted by Crippen LogP contribution is -2.35. The first-order valence-corrected chi connectivity index (χ1v) is 10.2. The van der Waals surface area contributed by atoms with Crippen LogP contribution in [0.15, 0.2) is 28.7 Å². The number of nitrogens with one attached hydrogen (secondary N) is 1. The van der Waals surface area contributed by atoms with Gasteiger partial charge in [0.05, 0.1) is 11.4 Å². The Morgan fingerprint density at radius 2 is 2.00 bits per heavy atom. The summed E-state index contributed by atoms with van der Waals surface area (Å²) < 4.78 is 18.1. The van der Waals surface area contributed by atoms with Gasteiger partial charge in [0.25, 0.3) is 0 Å². The Balaban J connectivity index is 1.61. The maximum Gasteiger partial charge on any atom is 0.232 e. The van der Waals surface area contributed by atoms with Crippen molar-refractivity contribution in [2.45, 2.75) is 51.3 Å². The summed E-state index contributed by atoms with van der Waals surface area (Å²) in [5, 5.41) is 2.97. The van der Waals surface area contributed by atoms with Crippen LogP contribution in [-0.4, -0.2) is 26.9 Å². The third kappa shape index (κ3) is 4.57. The maximum absolute atomic E-state index is 12.3. The Hall–Kier alpha value is -1.95. The number of carbonyl (C=O) groups excluding carboxylic acids is 1. The molecule has 3 rings (SSSR count). The van der Waals surface area contributed by atoms with E-state index < -0.39 is 10.8 Å². The molecule has 0 radical (unpaired) electrons. The van der Waals surface area contributed by atoms with Crippen molar-refractivity contribution in [3.05, 3.63) is 41.3 Å². The second-order valence-corrected chi connectivity index (χ2v) is 8.07. The van der Waals surface area contributed by atoms with Crippen LogP contribution in [0.4, 0.5) is 0 Å². The number of oxazole rings is 1. The van der Waals surface area contributed by atoms with Crippen LogP contribution in [-0.2, 0) is 21.3 Å². The monoisotopic (exact) mass is 360 g/mol. The largest absolute Gasteiger partial charge is 0.441 e. The minimum absolute atomic E-state index is 0.0164. The molecule has 0 unspecified atom stereocenters. The second-order valence-electron chi connectivity index (χ2n) is 6.61. The highest BCUT2D eigenvalue weighted by Crippen LogP contribution is 2.25. The van der Waals surface area contributed by atoms with E-state index in [4.69, 9.17) is 4.42 Å². The zero-order valence-corrected chi connectivity index (χ0v) is 15.5. The van der Waals surface area contributed by atoms with Crippen LogP contribution in [0, 0.1) is 13.8 Å². The van der Waals surface area contributed by atoms with Crippen LogP contribution in [0.2, 0.25) is 0 Å². The summed E-state index contributed by atoms with van der Waals surface area (Å²) in [6.07, 6.45) is 4.38. The predicted octanol–water partition coefficient (Wildman–Crippen LogP) is 3.27. The average Bonchev–Trinajstić information content (AvgIpc) is 3.18. The molecule has 1 aliphatic carbocycles. The molecule has 0 saturated heterocycles. The van der Waals surface area contributed by atoms with Gasteiger partial charge in [0.1, 0.15) is 11.5 Å². The normalized spacial score (nSPS) is 16.1. The number of carbonyl (C=O) groups is 1. The highest BCUT2D eigenvalue weighted by Gasteiger charge is 2.20. The zero-order valence-electron chi connectivity index (χ0n) is 14.7. The minimum atomic E-state index is -1.29. The number of aryl methyl sites for hydroxylation is 2. The van der Waals surface area contributed by atoms with Crippen molar-refractivity contribution in [3.8, 4) is 11.5 Å². The SMILES string of the molecule is Cc1ccccc1-c1nc(C[S@@](=O)CC(=O)NC2CCCC2)c(C)o1. The smallest absolute Gasteiger partial charge is 0.232 e. The van der Waals surface area contributed by atoms with Crippen molar-refractivity contribution in [2.24, 2.45) is 0 Å². The van der Waals surface area contributed by atoms with Gasteiger partial charge >= 0.3 is 0 Å². The Kier molecular flexibility index (Phi) is 5.68. The van der Waals surface area contributed by atoms with E-state index in [0.29, 0.717) is 17.3 Å². The number of hydrogen-bond acceptors (Lipinski definition) is 4. The van der Waals surface area contributed by atoms with Gasteiger partial charge in [-0.15, -0.1) is 0 Å². The molecule has 1 saturated carbocycles. The maximum atomic E-state index is 12.3. The number of amides is 1. The molecule has 6 heteroatoms. The molecule has 0 aliphatic heterocycles.